The van der Waals surface area contributed by atoms with Crippen molar-refractivity contribution in [2.24, 2.45) is 0 Å². The van der Waals surface area contributed by atoms with Gasteiger partial charge in [0.05, 0.1) is 16.9 Å². The van der Waals surface area contributed by atoms with Crippen molar-refractivity contribution in [2.45, 2.75) is 44.1 Å². The van der Waals surface area contributed by atoms with Gasteiger partial charge in [0, 0.05) is 25.2 Å². The van der Waals surface area contributed by atoms with Crippen molar-refractivity contribution < 1.29 is 0 Å². The third-order valence-corrected chi connectivity index (χ3v) is 4.90. The summed E-state index contributed by atoms with van der Waals surface area (Å²) >= 11 is 6.14. The van der Waals surface area contributed by atoms with Crippen LogP contribution < -0.4 is 0 Å². The molecule has 20 heavy (non-hydrogen) atoms. The molecular weight excluding hydrogens is 270 g/mol. The third-order valence-electron chi connectivity index (χ3n) is 4.66. The molecule has 0 radical (unpaired) electrons. The van der Waals surface area contributed by atoms with Crippen molar-refractivity contribution in [1.82, 2.24) is 14.5 Å². The summed E-state index contributed by atoms with van der Waals surface area (Å²) in [7, 11) is 0. The summed E-state index contributed by atoms with van der Waals surface area (Å²) in [5.41, 5.74) is 3.59. The highest BCUT2D eigenvalue weighted by Crippen LogP contribution is 2.35. The molecule has 0 amide bonds. The number of nitrogens with zero attached hydrogens (tertiary/aromatic N) is 3. The van der Waals surface area contributed by atoms with E-state index in [1.165, 1.54) is 36.9 Å². The number of hydrogen-bond acceptors (Lipinski definition) is 2. The molecule has 2 aliphatic rings. The van der Waals surface area contributed by atoms with E-state index in [-0.39, 0.29) is 0 Å². The summed E-state index contributed by atoms with van der Waals surface area (Å²) in [5.74, 6) is 1.52. The molecule has 3 nitrogen and oxygen atoms in total. The quantitative estimate of drug-likeness (QED) is 0.807. The van der Waals surface area contributed by atoms with E-state index < -0.39 is 0 Å². The van der Waals surface area contributed by atoms with Crippen LogP contribution in [0, 0.1) is 6.92 Å². The smallest absolute Gasteiger partial charge is 0.125 e. The fraction of sp³-hybridized carbons (Fsp3) is 0.562. The van der Waals surface area contributed by atoms with Gasteiger partial charge in [-0.3, -0.25) is 4.90 Å². The Labute approximate surface area is 124 Å². The van der Waals surface area contributed by atoms with Crippen molar-refractivity contribution in [3.05, 3.63) is 29.6 Å². The van der Waals surface area contributed by atoms with E-state index in [4.69, 9.17) is 16.6 Å². The van der Waals surface area contributed by atoms with Crippen LogP contribution in [0.1, 0.15) is 36.7 Å². The molecule has 1 aliphatic heterocycles. The number of alkyl halides is 1. The zero-order valence-electron chi connectivity index (χ0n) is 11.8. The number of benzene rings is 1. The maximum atomic E-state index is 6.14. The average Bonchev–Trinajstić information content (AvgIpc) is 3.07. The molecule has 2 aromatic rings. The number of imidazole rings is 1. The minimum atomic E-state index is 0.494. The molecule has 106 valence electrons. The van der Waals surface area contributed by atoms with E-state index in [0.29, 0.717) is 11.9 Å². The molecule has 1 atom stereocenters. The van der Waals surface area contributed by atoms with E-state index in [2.05, 4.69) is 34.6 Å². The summed E-state index contributed by atoms with van der Waals surface area (Å²) in [6.07, 6.45) is 4.00. The van der Waals surface area contributed by atoms with Gasteiger partial charge in [-0.1, -0.05) is 6.07 Å². The molecule has 0 N–H and O–H groups in total. The average molecular weight is 290 g/mol. The van der Waals surface area contributed by atoms with Gasteiger partial charge in [0.15, 0.2) is 0 Å². The second-order valence-electron chi connectivity index (χ2n) is 6.19. The third kappa shape index (κ3) is 2.04. The van der Waals surface area contributed by atoms with Gasteiger partial charge in [0.1, 0.15) is 5.82 Å². The van der Waals surface area contributed by atoms with Gasteiger partial charge in [0.25, 0.3) is 0 Å². The zero-order chi connectivity index (χ0) is 13.7. The number of likely N-dealkylation sites (tertiary alicyclic amines) is 1. The van der Waals surface area contributed by atoms with E-state index in [1.54, 1.807) is 0 Å². The van der Waals surface area contributed by atoms with Crippen molar-refractivity contribution >= 4 is 22.6 Å². The Balaban J connectivity index is 1.74. The largest absolute Gasteiger partial charge is 0.323 e. The topological polar surface area (TPSA) is 21.1 Å². The lowest BCUT2D eigenvalue weighted by Gasteiger charge is -2.18. The predicted molar refractivity (Wildman–Crippen MR) is 82.3 cm³/mol. The number of aromatic nitrogens is 2. The summed E-state index contributed by atoms with van der Waals surface area (Å²) in [5, 5.41) is 0. The Morgan fingerprint density at radius 3 is 2.85 bits per heavy atom. The first-order valence-corrected chi connectivity index (χ1v) is 8.07. The van der Waals surface area contributed by atoms with Gasteiger partial charge >= 0.3 is 0 Å². The normalized spacial score (nSPS) is 23.8. The predicted octanol–water partition coefficient (Wildman–Crippen LogP) is 3.49. The number of fused-ring (bicyclic) bond motifs is 1. The summed E-state index contributed by atoms with van der Waals surface area (Å²) in [6, 6.07) is 7.93. The standard InChI is InChI=1S/C16H20ClN3/c1-11-2-5-15-14(8-11)18-16(9-17)20(15)13-6-7-19(10-13)12-3-4-12/h2,5,8,12-13H,3-4,6-7,9-10H2,1H3. The lowest BCUT2D eigenvalue weighted by atomic mass is 10.2. The molecule has 1 unspecified atom stereocenters. The van der Waals surface area contributed by atoms with Crippen molar-refractivity contribution in [1.29, 1.82) is 0 Å². The van der Waals surface area contributed by atoms with Gasteiger partial charge in [-0.15, -0.1) is 11.6 Å². The van der Waals surface area contributed by atoms with Crippen LogP contribution in [-0.4, -0.2) is 33.6 Å². The molecular formula is C16H20ClN3. The van der Waals surface area contributed by atoms with Gasteiger partial charge in [-0.2, -0.15) is 0 Å². The highest BCUT2D eigenvalue weighted by atomic mass is 35.5. The molecule has 2 fully saturated rings. The van der Waals surface area contributed by atoms with Crippen LogP contribution in [0.25, 0.3) is 11.0 Å². The molecule has 1 aliphatic carbocycles. The van der Waals surface area contributed by atoms with Gasteiger partial charge in [-0.25, -0.2) is 4.98 Å². The number of halogens is 1. The monoisotopic (exact) mass is 289 g/mol. The van der Waals surface area contributed by atoms with Crippen molar-refractivity contribution in [3.8, 4) is 0 Å². The first kappa shape index (κ1) is 12.7. The maximum absolute atomic E-state index is 6.14. The molecule has 1 aromatic carbocycles. The highest BCUT2D eigenvalue weighted by Gasteiger charge is 2.35. The van der Waals surface area contributed by atoms with Crippen LogP contribution in [-0.2, 0) is 5.88 Å². The van der Waals surface area contributed by atoms with Gasteiger partial charge < -0.3 is 4.57 Å². The first-order valence-electron chi connectivity index (χ1n) is 7.54. The SMILES string of the molecule is Cc1ccc2c(c1)nc(CCl)n2C1CCN(C2CC2)C1. The second kappa shape index (κ2) is 4.74. The summed E-state index contributed by atoms with van der Waals surface area (Å²) in [4.78, 5) is 7.38. The molecule has 1 saturated heterocycles. The van der Waals surface area contributed by atoms with E-state index in [9.17, 15) is 0 Å². The van der Waals surface area contributed by atoms with Crippen LogP contribution >= 0.6 is 11.6 Å². The maximum Gasteiger partial charge on any atom is 0.125 e. The Morgan fingerprint density at radius 2 is 2.10 bits per heavy atom. The van der Waals surface area contributed by atoms with Crippen LogP contribution in [0.2, 0.25) is 0 Å². The van der Waals surface area contributed by atoms with Gasteiger partial charge in [0.2, 0.25) is 0 Å². The molecule has 1 aromatic heterocycles. The fourth-order valence-corrected chi connectivity index (χ4v) is 3.70. The Kier molecular flexibility index (Phi) is 3.00. The number of hydrogen-bond donors (Lipinski definition) is 0. The molecule has 4 heteroatoms. The van der Waals surface area contributed by atoms with Crippen LogP contribution in [0.5, 0.6) is 0 Å². The van der Waals surface area contributed by atoms with E-state index in [0.717, 1.165) is 23.9 Å². The van der Waals surface area contributed by atoms with Gasteiger partial charge in [-0.05, 0) is 43.9 Å². The van der Waals surface area contributed by atoms with Crippen LogP contribution in [0.15, 0.2) is 18.2 Å². The fourth-order valence-electron chi connectivity index (χ4n) is 3.51. The first-order chi connectivity index (χ1) is 9.76. The Hall–Kier alpha value is -1.06. The minimum absolute atomic E-state index is 0.494. The zero-order valence-corrected chi connectivity index (χ0v) is 12.6. The Bertz CT molecular complexity index is 644. The molecule has 0 bridgehead atoms. The number of rotatable bonds is 3. The summed E-state index contributed by atoms with van der Waals surface area (Å²) in [6.45, 7) is 4.50. The molecule has 0 spiro atoms. The number of aryl methyl sites for hydroxylation is 1. The van der Waals surface area contributed by atoms with E-state index in [1.807, 2.05) is 0 Å². The molecule has 1 saturated carbocycles. The Morgan fingerprint density at radius 1 is 1.25 bits per heavy atom. The molecule has 4 rings (SSSR count). The van der Waals surface area contributed by atoms with Crippen LogP contribution in [0.3, 0.4) is 0 Å². The van der Waals surface area contributed by atoms with Crippen molar-refractivity contribution in [3.63, 3.8) is 0 Å². The second-order valence-corrected chi connectivity index (χ2v) is 6.46. The lowest BCUT2D eigenvalue weighted by molar-refractivity contribution is 0.314. The van der Waals surface area contributed by atoms with Crippen molar-refractivity contribution in [2.75, 3.05) is 13.1 Å². The lowest BCUT2D eigenvalue weighted by Crippen LogP contribution is -2.24. The van der Waals surface area contributed by atoms with E-state index >= 15 is 0 Å². The minimum Gasteiger partial charge on any atom is -0.323 e. The molecule has 2 heterocycles. The van der Waals surface area contributed by atoms with Crippen LogP contribution in [0.4, 0.5) is 0 Å². The highest BCUT2D eigenvalue weighted by molar-refractivity contribution is 6.16. The summed E-state index contributed by atoms with van der Waals surface area (Å²) < 4.78 is 2.39.